The van der Waals surface area contributed by atoms with E-state index in [1.54, 1.807) is 0 Å². The summed E-state index contributed by atoms with van der Waals surface area (Å²) in [5, 5.41) is 0. The maximum atomic E-state index is 11.6. The van der Waals surface area contributed by atoms with Gasteiger partial charge < -0.3 is 5.73 Å². The lowest BCUT2D eigenvalue weighted by Gasteiger charge is -2.35. The van der Waals surface area contributed by atoms with Crippen molar-refractivity contribution in [3.63, 3.8) is 0 Å². The molecule has 4 nitrogen and oxygen atoms in total. The van der Waals surface area contributed by atoms with Gasteiger partial charge in [0.1, 0.15) is 0 Å². The van der Waals surface area contributed by atoms with Crippen LogP contribution in [0.15, 0.2) is 0 Å². The van der Waals surface area contributed by atoms with Gasteiger partial charge in [0.2, 0.25) is 0 Å². The normalized spacial score (nSPS) is 29.7. The van der Waals surface area contributed by atoms with Crippen molar-refractivity contribution in [2.75, 3.05) is 25.1 Å². The van der Waals surface area contributed by atoms with E-state index in [0.29, 0.717) is 24.1 Å². The minimum absolute atomic E-state index is 0.183. The van der Waals surface area contributed by atoms with Gasteiger partial charge in [-0.2, -0.15) is 0 Å². The van der Waals surface area contributed by atoms with Crippen LogP contribution in [0.25, 0.3) is 0 Å². The summed E-state index contributed by atoms with van der Waals surface area (Å²) in [5.41, 5.74) is 5.93. The molecule has 0 aromatic rings. The maximum Gasteiger partial charge on any atom is 0.151 e. The van der Waals surface area contributed by atoms with Gasteiger partial charge in [-0.1, -0.05) is 32.1 Å². The first-order valence-corrected chi connectivity index (χ1v) is 9.46. The van der Waals surface area contributed by atoms with Crippen molar-refractivity contribution in [3.8, 4) is 0 Å². The minimum atomic E-state index is -2.80. The molecule has 2 atom stereocenters. The SMILES string of the molecule is CN(C(CN)CC1CCCCC1)C1CCS(=O)(=O)C1. The van der Waals surface area contributed by atoms with Gasteiger partial charge in [0, 0.05) is 18.6 Å². The van der Waals surface area contributed by atoms with Gasteiger partial charge in [0.15, 0.2) is 9.84 Å². The average Bonchev–Trinajstić information content (AvgIpc) is 2.77. The lowest BCUT2D eigenvalue weighted by atomic mass is 9.84. The predicted molar refractivity (Wildman–Crippen MR) is 78.9 cm³/mol. The highest BCUT2D eigenvalue weighted by atomic mass is 32.2. The third kappa shape index (κ3) is 4.17. The molecule has 5 heteroatoms. The number of nitrogens with two attached hydrogens (primary N) is 1. The summed E-state index contributed by atoms with van der Waals surface area (Å²) in [4.78, 5) is 2.25. The van der Waals surface area contributed by atoms with Gasteiger partial charge in [0.05, 0.1) is 11.5 Å². The summed E-state index contributed by atoms with van der Waals surface area (Å²) < 4.78 is 23.2. The number of nitrogens with zero attached hydrogens (tertiary/aromatic N) is 1. The number of sulfone groups is 1. The zero-order valence-corrected chi connectivity index (χ0v) is 12.9. The second-order valence-electron chi connectivity index (χ2n) is 6.35. The van der Waals surface area contributed by atoms with E-state index in [2.05, 4.69) is 11.9 Å². The van der Waals surface area contributed by atoms with Crippen molar-refractivity contribution in [3.05, 3.63) is 0 Å². The quantitative estimate of drug-likeness (QED) is 0.830. The highest BCUT2D eigenvalue weighted by Gasteiger charge is 2.33. The first-order valence-electron chi connectivity index (χ1n) is 7.64. The topological polar surface area (TPSA) is 63.4 Å². The molecule has 1 aliphatic carbocycles. The lowest BCUT2D eigenvalue weighted by Crippen LogP contribution is -2.46. The molecule has 2 rings (SSSR count). The van der Waals surface area contributed by atoms with Crippen molar-refractivity contribution >= 4 is 9.84 Å². The lowest BCUT2D eigenvalue weighted by molar-refractivity contribution is 0.153. The molecule has 2 unspecified atom stereocenters. The molecule has 0 bridgehead atoms. The molecular formula is C14H28N2O2S. The minimum Gasteiger partial charge on any atom is -0.329 e. The van der Waals surface area contributed by atoms with Crippen LogP contribution in [0.5, 0.6) is 0 Å². The van der Waals surface area contributed by atoms with Gasteiger partial charge in [-0.3, -0.25) is 4.90 Å². The Kier molecular flexibility index (Phi) is 5.26. The molecule has 0 spiro atoms. The highest BCUT2D eigenvalue weighted by Crippen LogP contribution is 2.29. The Labute approximate surface area is 117 Å². The van der Waals surface area contributed by atoms with Crippen LogP contribution in [0.3, 0.4) is 0 Å². The smallest absolute Gasteiger partial charge is 0.151 e. The van der Waals surface area contributed by atoms with Crippen LogP contribution in [-0.4, -0.2) is 50.5 Å². The molecule has 0 amide bonds. The molecule has 19 heavy (non-hydrogen) atoms. The predicted octanol–water partition coefficient (Wildman–Crippen LogP) is 1.40. The van der Waals surface area contributed by atoms with Gasteiger partial charge in [-0.05, 0) is 25.8 Å². The Morgan fingerprint density at radius 2 is 1.89 bits per heavy atom. The van der Waals surface area contributed by atoms with Crippen LogP contribution in [0, 0.1) is 5.92 Å². The number of rotatable bonds is 5. The fourth-order valence-corrected chi connectivity index (χ4v) is 5.42. The van der Waals surface area contributed by atoms with Crippen molar-refractivity contribution in [1.29, 1.82) is 0 Å². The Morgan fingerprint density at radius 3 is 2.42 bits per heavy atom. The summed E-state index contributed by atoms with van der Waals surface area (Å²) in [5.74, 6) is 1.47. The molecule has 0 radical (unpaired) electrons. The van der Waals surface area contributed by atoms with Crippen molar-refractivity contribution in [2.24, 2.45) is 11.7 Å². The van der Waals surface area contributed by atoms with Crippen molar-refractivity contribution in [1.82, 2.24) is 4.90 Å². The van der Waals surface area contributed by atoms with Crippen molar-refractivity contribution in [2.45, 2.75) is 57.0 Å². The van der Waals surface area contributed by atoms with Gasteiger partial charge in [-0.25, -0.2) is 8.42 Å². The second-order valence-corrected chi connectivity index (χ2v) is 8.58. The number of hydrogen-bond acceptors (Lipinski definition) is 4. The molecule has 1 saturated heterocycles. The largest absolute Gasteiger partial charge is 0.329 e. The molecule has 2 aliphatic rings. The number of hydrogen-bond donors (Lipinski definition) is 1. The van der Waals surface area contributed by atoms with Gasteiger partial charge in [0.25, 0.3) is 0 Å². The molecule has 2 N–H and O–H groups in total. The molecule has 2 fully saturated rings. The molecule has 112 valence electrons. The summed E-state index contributed by atoms with van der Waals surface area (Å²) >= 11 is 0. The van der Waals surface area contributed by atoms with Gasteiger partial charge in [-0.15, -0.1) is 0 Å². The van der Waals surface area contributed by atoms with Crippen LogP contribution in [0.4, 0.5) is 0 Å². The highest BCUT2D eigenvalue weighted by molar-refractivity contribution is 7.91. The number of likely N-dealkylation sites (N-methyl/N-ethyl adjacent to an activating group) is 1. The van der Waals surface area contributed by atoms with E-state index in [1.165, 1.54) is 32.1 Å². The van der Waals surface area contributed by atoms with E-state index >= 15 is 0 Å². The molecule has 0 aromatic carbocycles. The summed E-state index contributed by atoms with van der Waals surface area (Å²) in [6.07, 6.45) is 8.65. The van der Waals surface area contributed by atoms with Crippen LogP contribution in [0.1, 0.15) is 44.9 Å². The van der Waals surface area contributed by atoms with Gasteiger partial charge >= 0.3 is 0 Å². The molecule has 1 aliphatic heterocycles. The van der Waals surface area contributed by atoms with E-state index in [9.17, 15) is 8.42 Å². The summed E-state index contributed by atoms with van der Waals surface area (Å²) in [6.45, 7) is 0.642. The van der Waals surface area contributed by atoms with E-state index in [-0.39, 0.29) is 6.04 Å². The second kappa shape index (κ2) is 6.55. The first kappa shape index (κ1) is 15.3. The van der Waals surface area contributed by atoms with Crippen LogP contribution in [-0.2, 0) is 9.84 Å². The Balaban J connectivity index is 1.89. The summed E-state index contributed by atoms with van der Waals surface area (Å²) in [6, 6.07) is 0.531. The Bertz CT molecular complexity index is 377. The van der Waals surface area contributed by atoms with E-state index < -0.39 is 9.84 Å². The molecule has 1 saturated carbocycles. The van der Waals surface area contributed by atoms with Crippen LogP contribution in [0.2, 0.25) is 0 Å². The van der Waals surface area contributed by atoms with Crippen LogP contribution < -0.4 is 5.73 Å². The fourth-order valence-electron chi connectivity index (χ4n) is 3.63. The fraction of sp³-hybridized carbons (Fsp3) is 1.00. The maximum absolute atomic E-state index is 11.6. The van der Waals surface area contributed by atoms with E-state index in [0.717, 1.165) is 18.8 Å². The monoisotopic (exact) mass is 288 g/mol. The third-order valence-electron chi connectivity index (χ3n) is 4.96. The zero-order chi connectivity index (χ0) is 13.9. The molecule has 1 heterocycles. The third-order valence-corrected chi connectivity index (χ3v) is 6.71. The van der Waals surface area contributed by atoms with Crippen LogP contribution >= 0.6 is 0 Å². The van der Waals surface area contributed by atoms with Crippen molar-refractivity contribution < 1.29 is 8.42 Å². The average molecular weight is 288 g/mol. The molecule has 0 aromatic heterocycles. The molecular weight excluding hydrogens is 260 g/mol. The van der Waals surface area contributed by atoms with E-state index in [1.807, 2.05) is 0 Å². The standard InChI is InChI=1S/C14H28N2O2S/c1-16(13-7-8-19(17,18)11-13)14(10-15)9-12-5-3-2-4-6-12/h12-14H,2-11,15H2,1H3. The zero-order valence-electron chi connectivity index (χ0n) is 12.1. The summed E-state index contributed by atoms with van der Waals surface area (Å²) in [7, 11) is -0.736. The first-order chi connectivity index (χ1) is 9.02. The van der Waals surface area contributed by atoms with E-state index in [4.69, 9.17) is 5.73 Å². The Hall–Kier alpha value is -0.130. The Morgan fingerprint density at radius 1 is 1.21 bits per heavy atom.